The summed E-state index contributed by atoms with van der Waals surface area (Å²) in [7, 11) is 0. The summed E-state index contributed by atoms with van der Waals surface area (Å²) in [5.74, 6) is 0.167. The second-order valence-electron chi connectivity index (χ2n) is 4.82. The van der Waals surface area contributed by atoms with Crippen molar-refractivity contribution in [3.05, 3.63) is 61.2 Å². The Bertz CT molecular complexity index is 903. The summed E-state index contributed by atoms with van der Waals surface area (Å²) in [5.41, 5.74) is 3.85. The Morgan fingerprint density at radius 2 is 1.82 bits per heavy atom. The minimum atomic E-state index is 0.167. The predicted octanol–water partition coefficient (Wildman–Crippen LogP) is 2.53. The van der Waals surface area contributed by atoms with Crippen LogP contribution in [0.2, 0.25) is 0 Å². The molecule has 4 rings (SSSR count). The van der Waals surface area contributed by atoms with E-state index in [1.807, 2.05) is 41.2 Å². The Balaban J connectivity index is 1.97. The van der Waals surface area contributed by atoms with Crippen LogP contribution in [-0.4, -0.2) is 30.1 Å². The molecule has 0 saturated carbocycles. The molecule has 2 aromatic rings. The molecule has 106 valence electrons. The Morgan fingerprint density at radius 3 is 2.68 bits per heavy atom. The third-order valence-corrected chi connectivity index (χ3v) is 3.45. The van der Waals surface area contributed by atoms with Crippen molar-refractivity contribution < 1.29 is 5.11 Å². The second kappa shape index (κ2) is 4.92. The summed E-state index contributed by atoms with van der Waals surface area (Å²) in [6.45, 7) is 0. The number of phenolic OH excluding ortho intramolecular Hbond substituents is 1. The fourth-order valence-electron chi connectivity index (χ4n) is 2.44. The Labute approximate surface area is 126 Å². The van der Waals surface area contributed by atoms with Crippen LogP contribution >= 0.6 is 0 Å². The maximum atomic E-state index is 10.3. The number of hydrogen-bond acceptors (Lipinski definition) is 5. The van der Waals surface area contributed by atoms with Gasteiger partial charge in [0.2, 0.25) is 0 Å². The molecule has 0 fully saturated rings. The highest BCUT2D eigenvalue weighted by molar-refractivity contribution is 5.74. The lowest BCUT2D eigenvalue weighted by molar-refractivity contribution is 0.472. The summed E-state index contributed by atoms with van der Waals surface area (Å²) >= 11 is 0. The van der Waals surface area contributed by atoms with Gasteiger partial charge in [-0.3, -0.25) is 0 Å². The number of benzene rings is 1. The van der Waals surface area contributed by atoms with Crippen LogP contribution in [0.1, 0.15) is 0 Å². The summed E-state index contributed by atoms with van der Waals surface area (Å²) in [4.78, 5) is 0. The number of hydrogen-bond donors (Lipinski definition) is 1. The molecule has 0 spiro atoms. The first-order valence-electron chi connectivity index (χ1n) is 6.73. The number of aromatic nitrogens is 5. The molecule has 3 heterocycles. The first-order valence-corrected chi connectivity index (χ1v) is 6.73. The van der Waals surface area contributed by atoms with Gasteiger partial charge in [0.05, 0.1) is 23.3 Å². The molecular weight excluding hydrogens is 278 g/mol. The number of fused-ring (bicyclic) bond motifs is 1. The molecule has 0 atom stereocenters. The van der Waals surface area contributed by atoms with Crippen LogP contribution < -0.4 is 0 Å². The third-order valence-electron chi connectivity index (χ3n) is 3.45. The van der Waals surface area contributed by atoms with Crippen molar-refractivity contribution in [1.82, 2.24) is 25.0 Å². The number of nitrogens with zero attached hydrogens (tertiary/aromatic N) is 5. The minimum Gasteiger partial charge on any atom is -0.506 e. The lowest BCUT2D eigenvalue weighted by atomic mass is 10.1. The summed E-state index contributed by atoms with van der Waals surface area (Å²) < 4.78 is 1.84. The lowest BCUT2D eigenvalue weighted by Crippen LogP contribution is -2.00. The molecule has 0 amide bonds. The van der Waals surface area contributed by atoms with Crippen LogP contribution in [0.5, 0.6) is 5.75 Å². The highest BCUT2D eigenvalue weighted by Gasteiger charge is 2.14. The van der Waals surface area contributed by atoms with Crippen molar-refractivity contribution in [1.29, 1.82) is 0 Å². The van der Waals surface area contributed by atoms with E-state index >= 15 is 0 Å². The van der Waals surface area contributed by atoms with Gasteiger partial charge in [-0.15, -0.1) is 0 Å². The van der Waals surface area contributed by atoms with Crippen LogP contribution in [0.15, 0.2) is 61.2 Å². The first-order chi connectivity index (χ1) is 10.8. The van der Waals surface area contributed by atoms with Crippen LogP contribution in [0.3, 0.4) is 0 Å². The van der Waals surface area contributed by atoms with Gasteiger partial charge in [-0.05, 0) is 24.3 Å². The van der Waals surface area contributed by atoms with Crippen molar-refractivity contribution in [3.8, 4) is 34.0 Å². The van der Waals surface area contributed by atoms with Gasteiger partial charge in [-0.1, -0.05) is 12.1 Å². The van der Waals surface area contributed by atoms with Crippen LogP contribution in [-0.2, 0) is 0 Å². The van der Waals surface area contributed by atoms with Crippen LogP contribution in [0.25, 0.3) is 28.2 Å². The monoisotopic (exact) mass is 289 g/mol. The molecule has 2 aliphatic heterocycles. The molecule has 0 unspecified atom stereocenters. The molecule has 1 aromatic carbocycles. The molecule has 0 saturated heterocycles. The van der Waals surface area contributed by atoms with Crippen molar-refractivity contribution in [2.75, 3.05) is 0 Å². The maximum absolute atomic E-state index is 10.3. The quantitative estimate of drug-likeness (QED) is 0.613. The average molecular weight is 289 g/mol. The Hall–Kier alpha value is -3.28. The van der Waals surface area contributed by atoms with Gasteiger partial charge in [-0.2, -0.15) is 20.4 Å². The van der Waals surface area contributed by atoms with E-state index in [4.69, 9.17) is 0 Å². The normalized spacial score (nSPS) is 10.9. The number of aromatic hydroxyl groups is 1. The molecular formula is C16H11N5O. The fourth-order valence-corrected chi connectivity index (χ4v) is 2.44. The molecule has 6 nitrogen and oxygen atoms in total. The maximum Gasteiger partial charge on any atom is 0.140 e. The van der Waals surface area contributed by atoms with Crippen molar-refractivity contribution in [2.24, 2.45) is 0 Å². The fraction of sp³-hybridized carbons (Fsp3) is 0. The number of para-hydroxylation sites is 1. The zero-order valence-corrected chi connectivity index (χ0v) is 11.5. The van der Waals surface area contributed by atoms with Gasteiger partial charge in [0.25, 0.3) is 0 Å². The van der Waals surface area contributed by atoms with Gasteiger partial charge < -0.3 is 9.67 Å². The van der Waals surface area contributed by atoms with E-state index in [9.17, 15) is 5.11 Å². The van der Waals surface area contributed by atoms with Gasteiger partial charge in [0.15, 0.2) is 0 Å². The largest absolute Gasteiger partial charge is 0.506 e. The van der Waals surface area contributed by atoms with E-state index in [-0.39, 0.29) is 5.75 Å². The van der Waals surface area contributed by atoms with Gasteiger partial charge in [0.1, 0.15) is 5.75 Å². The second-order valence-corrected chi connectivity index (χ2v) is 4.82. The number of phenols is 1. The van der Waals surface area contributed by atoms with Crippen molar-refractivity contribution in [3.63, 3.8) is 0 Å². The SMILES string of the molecule is Oc1cccc(-c2cccnn2)c1-n1ccc2nncc-2c1. The lowest BCUT2D eigenvalue weighted by Gasteiger charge is -2.14. The van der Waals surface area contributed by atoms with E-state index in [1.54, 1.807) is 24.5 Å². The molecule has 1 aromatic heterocycles. The minimum absolute atomic E-state index is 0.167. The summed E-state index contributed by atoms with van der Waals surface area (Å²) in [6, 6.07) is 10.9. The van der Waals surface area contributed by atoms with Crippen molar-refractivity contribution in [2.45, 2.75) is 0 Å². The van der Waals surface area contributed by atoms with E-state index in [1.165, 1.54) is 0 Å². The molecule has 0 bridgehead atoms. The van der Waals surface area contributed by atoms with Crippen molar-refractivity contribution >= 4 is 0 Å². The molecule has 2 aliphatic rings. The van der Waals surface area contributed by atoms with Gasteiger partial charge in [0, 0.05) is 29.7 Å². The molecule has 0 radical (unpaired) electrons. The van der Waals surface area contributed by atoms with Crippen LogP contribution in [0.4, 0.5) is 0 Å². The Morgan fingerprint density at radius 1 is 0.909 bits per heavy atom. The van der Waals surface area contributed by atoms with Gasteiger partial charge >= 0.3 is 0 Å². The van der Waals surface area contributed by atoms with E-state index < -0.39 is 0 Å². The zero-order valence-electron chi connectivity index (χ0n) is 11.5. The van der Waals surface area contributed by atoms with E-state index in [2.05, 4.69) is 20.4 Å². The third kappa shape index (κ3) is 1.98. The van der Waals surface area contributed by atoms with Gasteiger partial charge in [-0.25, -0.2) is 0 Å². The standard InChI is InChI=1S/C16H11N5O/c22-15-5-1-3-12(14-4-2-7-17-20-14)16(15)21-8-6-13-11(10-21)9-18-19-13/h1-10,22H. The molecule has 6 heteroatoms. The number of pyridine rings is 1. The predicted molar refractivity (Wildman–Crippen MR) is 80.7 cm³/mol. The zero-order chi connectivity index (χ0) is 14.9. The molecule has 0 aliphatic carbocycles. The average Bonchev–Trinajstić information content (AvgIpc) is 3.03. The van der Waals surface area contributed by atoms with Crippen LogP contribution in [0, 0.1) is 0 Å². The van der Waals surface area contributed by atoms with E-state index in [0.717, 1.165) is 16.8 Å². The molecule has 1 N–H and O–H groups in total. The van der Waals surface area contributed by atoms with E-state index in [0.29, 0.717) is 11.4 Å². The summed E-state index contributed by atoms with van der Waals surface area (Å²) in [6.07, 6.45) is 7.02. The highest BCUT2D eigenvalue weighted by atomic mass is 16.3. The first kappa shape index (κ1) is 12.5. The topological polar surface area (TPSA) is 76.7 Å². The number of rotatable bonds is 2. The summed E-state index contributed by atoms with van der Waals surface area (Å²) in [5, 5.41) is 26.3. The highest BCUT2D eigenvalue weighted by Crippen LogP contribution is 2.33. The molecule has 22 heavy (non-hydrogen) atoms. The Kier molecular flexibility index (Phi) is 2.79. The smallest absolute Gasteiger partial charge is 0.140 e.